The van der Waals surface area contributed by atoms with Gasteiger partial charge in [0, 0.05) is 31.5 Å². The molecule has 2 rings (SSSR count). The van der Waals surface area contributed by atoms with Gasteiger partial charge in [-0.05, 0) is 7.05 Å². The molecular weight excluding hydrogens is 271 g/mol. The van der Waals surface area contributed by atoms with Crippen LogP contribution >= 0.6 is 0 Å². The van der Waals surface area contributed by atoms with Gasteiger partial charge in [0.2, 0.25) is 0 Å². The number of carbonyl (C=O) groups is 2. The first-order valence-corrected chi connectivity index (χ1v) is 6.17. The zero-order chi connectivity index (χ0) is 15.2. The number of nitrogens with zero attached hydrogens (tertiary/aromatic N) is 1. The van der Waals surface area contributed by atoms with E-state index in [1.807, 2.05) is 7.05 Å². The lowest BCUT2D eigenvalue weighted by Gasteiger charge is -2.19. The zero-order valence-electron chi connectivity index (χ0n) is 11.1. The number of likely N-dealkylation sites (tertiary alicyclic amines) is 1. The van der Waals surface area contributed by atoms with Crippen LogP contribution in [0.25, 0.3) is 0 Å². The van der Waals surface area contributed by atoms with Gasteiger partial charge >= 0.3 is 6.18 Å². The third-order valence-corrected chi connectivity index (χ3v) is 2.84. The van der Waals surface area contributed by atoms with E-state index in [2.05, 4.69) is 4.90 Å². The van der Waals surface area contributed by atoms with E-state index in [1.165, 1.54) is 12.1 Å². The summed E-state index contributed by atoms with van der Waals surface area (Å²) >= 11 is 0. The van der Waals surface area contributed by atoms with Crippen LogP contribution in [0.3, 0.4) is 0 Å². The maximum Gasteiger partial charge on any atom is 0.454 e. The lowest BCUT2D eigenvalue weighted by molar-refractivity contribution is -0.121. The second-order valence-corrected chi connectivity index (χ2v) is 4.53. The molecule has 1 aromatic carbocycles. The molecule has 0 aliphatic carbocycles. The summed E-state index contributed by atoms with van der Waals surface area (Å²) in [6.07, 6.45) is -3.26. The standard InChI is InChI=1S/C8H5F3O.C6H11NO/c9-8(10,11)7(12)6-4-2-1-3-5-6;1-7-4-2-6(8)3-5-7/h1-5H;2-5H2,1H3. The Kier molecular flexibility index (Phi) is 5.88. The van der Waals surface area contributed by atoms with E-state index in [4.69, 9.17) is 0 Å². The number of ketones is 2. The van der Waals surface area contributed by atoms with Gasteiger partial charge in [-0.2, -0.15) is 13.2 Å². The van der Waals surface area contributed by atoms with E-state index < -0.39 is 12.0 Å². The molecule has 0 unspecified atom stereocenters. The molecule has 0 amide bonds. The Labute approximate surface area is 115 Å². The van der Waals surface area contributed by atoms with Crippen LogP contribution in [0.4, 0.5) is 13.2 Å². The van der Waals surface area contributed by atoms with Crippen LogP contribution < -0.4 is 0 Å². The van der Waals surface area contributed by atoms with Crippen molar-refractivity contribution < 1.29 is 22.8 Å². The monoisotopic (exact) mass is 287 g/mol. The van der Waals surface area contributed by atoms with Crippen LogP contribution in [0.1, 0.15) is 23.2 Å². The summed E-state index contributed by atoms with van der Waals surface area (Å²) in [5.41, 5.74) is -0.329. The Morgan fingerprint density at radius 3 is 2.00 bits per heavy atom. The molecule has 0 spiro atoms. The molecule has 110 valence electrons. The summed E-state index contributed by atoms with van der Waals surface area (Å²) in [7, 11) is 2.05. The maximum atomic E-state index is 11.8. The Morgan fingerprint density at radius 1 is 1.10 bits per heavy atom. The quantitative estimate of drug-likeness (QED) is 0.745. The minimum atomic E-state index is -4.78. The van der Waals surface area contributed by atoms with Crippen molar-refractivity contribution in [3.8, 4) is 0 Å². The summed E-state index contributed by atoms with van der Waals surface area (Å²) < 4.78 is 35.4. The Morgan fingerprint density at radius 2 is 1.60 bits per heavy atom. The molecule has 0 saturated carbocycles. The van der Waals surface area contributed by atoms with Gasteiger partial charge in [0.15, 0.2) is 0 Å². The molecule has 3 nitrogen and oxygen atoms in total. The molecule has 1 fully saturated rings. The van der Waals surface area contributed by atoms with E-state index >= 15 is 0 Å². The number of hydrogen-bond acceptors (Lipinski definition) is 3. The van der Waals surface area contributed by atoms with Gasteiger partial charge < -0.3 is 4.90 Å². The Bertz CT molecular complexity index is 447. The van der Waals surface area contributed by atoms with Crippen molar-refractivity contribution in [1.82, 2.24) is 4.90 Å². The molecule has 1 aromatic rings. The number of hydrogen-bond donors (Lipinski definition) is 0. The third-order valence-electron chi connectivity index (χ3n) is 2.84. The fourth-order valence-electron chi connectivity index (χ4n) is 1.62. The largest absolute Gasteiger partial charge is 0.454 e. The normalized spacial score (nSPS) is 16.3. The summed E-state index contributed by atoms with van der Waals surface area (Å²) in [4.78, 5) is 23.3. The number of alkyl halides is 3. The van der Waals surface area contributed by atoms with Crippen LogP contribution in [-0.4, -0.2) is 42.8 Å². The first kappa shape index (κ1) is 16.4. The molecule has 0 aromatic heterocycles. The van der Waals surface area contributed by atoms with E-state index in [1.54, 1.807) is 6.07 Å². The van der Waals surface area contributed by atoms with Crippen LogP contribution in [-0.2, 0) is 4.79 Å². The van der Waals surface area contributed by atoms with Crippen LogP contribution in [0.5, 0.6) is 0 Å². The fourth-order valence-corrected chi connectivity index (χ4v) is 1.62. The first-order valence-electron chi connectivity index (χ1n) is 6.17. The topological polar surface area (TPSA) is 37.4 Å². The number of rotatable bonds is 1. The number of piperidine rings is 1. The lowest BCUT2D eigenvalue weighted by Crippen LogP contribution is -2.29. The van der Waals surface area contributed by atoms with Crippen LogP contribution in [0.15, 0.2) is 30.3 Å². The summed E-state index contributed by atoms with van der Waals surface area (Å²) in [6.45, 7) is 1.91. The number of Topliss-reactive ketones (excluding diaryl/α,β-unsaturated/α-hetero) is 2. The Hall–Kier alpha value is -1.69. The molecular formula is C14H16F3NO2. The highest BCUT2D eigenvalue weighted by atomic mass is 19.4. The molecule has 6 heteroatoms. The third kappa shape index (κ3) is 5.52. The number of benzene rings is 1. The molecule has 1 heterocycles. The van der Waals surface area contributed by atoms with Crippen molar-refractivity contribution in [2.75, 3.05) is 20.1 Å². The van der Waals surface area contributed by atoms with Crippen molar-refractivity contribution in [1.29, 1.82) is 0 Å². The predicted octanol–water partition coefficient (Wildman–Crippen LogP) is 2.71. The van der Waals surface area contributed by atoms with E-state index in [9.17, 15) is 22.8 Å². The second kappa shape index (κ2) is 7.19. The highest BCUT2D eigenvalue weighted by Gasteiger charge is 2.38. The van der Waals surface area contributed by atoms with Crippen molar-refractivity contribution in [3.63, 3.8) is 0 Å². The summed E-state index contributed by atoms with van der Waals surface area (Å²) in [5, 5.41) is 0. The van der Waals surface area contributed by atoms with E-state index in [-0.39, 0.29) is 5.56 Å². The highest BCUT2D eigenvalue weighted by molar-refractivity contribution is 6.00. The fraction of sp³-hybridized carbons (Fsp3) is 0.429. The lowest BCUT2D eigenvalue weighted by atomic mass is 10.1. The Balaban J connectivity index is 0.000000217. The SMILES string of the molecule is CN1CCC(=O)CC1.O=C(c1ccccc1)C(F)(F)F. The highest BCUT2D eigenvalue weighted by Crippen LogP contribution is 2.20. The average Bonchev–Trinajstić information content (AvgIpc) is 2.42. The maximum absolute atomic E-state index is 11.8. The van der Waals surface area contributed by atoms with Gasteiger partial charge in [-0.25, -0.2) is 0 Å². The zero-order valence-corrected chi connectivity index (χ0v) is 11.1. The number of carbonyl (C=O) groups excluding carboxylic acids is 2. The van der Waals surface area contributed by atoms with Gasteiger partial charge in [-0.15, -0.1) is 0 Å². The molecule has 0 radical (unpaired) electrons. The van der Waals surface area contributed by atoms with Crippen molar-refractivity contribution >= 4 is 11.6 Å². The van der Waals surface area contributed by atoms with Gasteiger partial charge in [-0.3, -0.25) is 9.59 Å². The minimum Gasteiger partial charge on any atom is -0.305 e. The van der Waals surface area contributed by atoms with Gasteiger partial charge in [0.1, 0.15) is 5.78 Å². The van der Waals surface area contributed by atoms with Crippen molar-refractivity contribution in [2.45, 2.75) is 19.0 Å². The predicted molar refractivity (Wildman–Crippen MR) is 68.6 cm³/mol. The molecule has 0 bridgehead atoms. The van der Waals surface area contributed by atoms with Gasteiger partial charge in [-0.1, -0.05) is 30.3 Å². The molecule has 0 atom stereocenters. The average molecular weight is 287 g/mol. The molecule has 1 aliphatic heterocycles. The van der Waals surface area contributed by atoms with Crippen molar-refractivity contribution in [3.05, 3.63) is 35.9 Å². The van der Waals surface area contributed by atoms with E-state index in [0.29, 0.717) is 5.78 Å². The van der Waals surface area contributed by atoms with Crippen LogP contribution in [0.2, 0.25) is 0 Å². The van der Waals surface area contributed by atoms with Gasteiger partial charge in [0.05, 0.1) is 0 Å². The second-order valence-electron chi connectivity index (χ2n) is 4.53. The summed E-state index contributed by atoms with van der Waals surface area (Å²) in [5.74, 6) is -1.38. The van der Waals surface area contributed by atoms with Crippen LogP contribution in [0, 0.1) is 0 Å². The molecule has 0 N–H and O–H groups in total. The first-order chi connectivity index (χ1) is 9.30. The van der Waals surface area contributed by atoms with Gasteiger partial charge in [0.25, 0.3) is 5.78 Å². The molecule has 1 aliphatic rings. The molecule has 20 heavy (non-hydrogen) atoms. The van der Waals surface area contributed by atoms with E-state index in [0.717, 1.165) is 38.1 Å². The smallest absolute Gasteiger partial charge is 0.305 e. The minimum absolute atomic E-state index is 0.329. The molecule has 1 saturated heterocycles. The summed E-state index contributed by atoms with van der Waals surface area (Å²) in [6, 6.07) is 6.59. The number of halogens is 3. The van der Waals surface area contributed by atoms with Crippen molar-refractivity contribution in [2.24, 2.45) is 0 Å².